The average Bonchev–Trinajstić information content (AvgIpc) is 2.41. The molecular formula is C9H15Cl2N. The number of alkyl halides is 2. The van der Waals surface area contributed by atoms with Crippen LogP contribution in [0.1, 0.15) is 19.8 Å². The van der Waals surface area contributed by atoms with Gasteiger partial charge in [0.2, 0.25) is 0 Å². The number of likely N-dealkylation sites (tertiary alicyclic amines) is 1. The van der Waals surface area contributed by atoms with Crippen molar-refractivity contribution in [2.24, 2.45) is 11.8 Å². The van der Waals surface area contributed by atoms with E-state index < -0.39 is 0 Å². The molecule has 0 radical (unpaired) electrons. The summed E-state index contributed by atoms with van der Waals surface area (Å²) in [5.41, 5.74) is 0. The van der Waals surface area contributed by atoms with E-state index >= 15 is 0 Å². The largest absolute Gasteiger partial charge is 0.303 e. The van der Waals surface area contributed by atoms with E-state index in [4.69, 9.17) is 23.2 Å². The first-order chi connectivity index (χ1) is 5.58. The minimum atomic E-state index is -0.383. The van der Waals surface area contributed by atoms with Gasteiger partial charge in [-0.25, -0.2) is 0 Å². The highest BCUT2D eigenvalue weighted by Gasteiger charge is 2.52. The lowest BCUT2D eigenvalue weighted by Crippen LogP contribution is -2.24. The number of halogens is 2. The number of rotatable bonds is 2. The minimum absolute atomic E-state index is 0.383. The summed E-state index contributed by atoms with van der Waals surface area (Å²) in [6, 6.07) is 0. The second-order valence-electron chi connectivity index (χ2n) is 4.32. The molecule has 70 valence electrons. The van der Waals surface area contributed by atoms with Crippen molar-refractivity contribution < 1.29 is 0 Å². The van der Waals surface area contributed by atoms with Gasteiger partial charge in [-0.1, -0.05) is 6.92 Å². The Hall–Kier alpha value is 0.540. The van der Waals surface area contributed by atoms with Gasteiger partial charge in [0.15, 0.2) is 0 Å². The standard InChI is InChI=1S/C9H15Cl2N/c1-7-2-3-12(5-7)6-8-4-9(8,10)11/h7-8H,2-6H2,1H3. The van der Waals surface area contributed by atoms with Crippen LogP contribution in [0.5, 0.6) is 0 Å². The molecular weight excluding hydrogens is 193 g/mol. The van der Waals surface area contributed by atoms with Gasteiger partial charge < -0.3 is 4.90 Å². The number of nitrogens with zero attached hydrogens (tertiary/aromatic N) is 1. The lowest BCUT2D eigenvalue weighted by atomic mass is 10.2. The van der Waals surface area contributed by atoms with Gasteiger partial charge in [-0.05, 0) is 25.3 Å². The fraction of sp³-hybridized carbons (Fsp3) is 1.00. The molecule has 1 nitrogen and oxygen atoms in total. The molecule has 12 heavy (non-hydrogen) atoms. The predicted molar refractivity (Wildman–Crippen MR) is 52.8 cm³/mol. The van der Waals surface area contributed by atoms with E-state index in [1.165, 1.54) is 19.5 Å². The number of hydrogen-bond donors (Lipinski definition) is 0. The molecule has 0 amide bonds. The van der Waals surface area contributed by atoms with Crippen molar-refractivity contribution >= 4 is 23.2 Å². The van der Waals surface area contributed by atoms with Crippen LogP contribution in [0.25, 0.3) is 0 Å². The Bertz CT molecular complexity index is 181. The molecule has 2 rings (SSSR count). The topological polar surface area (TPSA) is 3.24 Å². The molecule has 0 aromatic rings. The zero-order valence-corrected chi connectivity index (χ0v) is 8.91. The van der Waals surface area contributed by atoms with Crippen LogP contribution in [0.15, 0.2) is 0 Å². The Kier molecular flexibility index (Phi) is 2.31. The lowest BCUT2D eigenvalue weighted by molar-refractivity contribution is 0.313. The van der Waals surface area contributed by atoms with E-state index in [9.17, 15) is 0 Å². The molecule has 0 N–H and O–H groups in total. The third-order valence-electron chi connectivity index (χ3n) is 2.94. The molecule has 2 unspecified atom stereocenters. The first-order valence-electron chi connectivity index (χ1n) is 4.68. The average molecular weight is 208 g/mol. The smallest absolute Gasteiger partial charge is 0.122 e. The second-order valence-corrected chi connectivity index (χ2v) is 5.86. The summed E-state index contributed by atoms with van der Waals surface area (Å²) in [6.07, 6.45) is 2.32. The molecule has 1 saturated heterocycles. The van der Waals surface area contributed by atoms with Crippen molar-refractivity contribution in [1.29, 1.82) is 0 Å². The highest BCUT2D eigenvalue weighted by atomic mass is 35.5. The maximum Gasteiger partial charge on any atom is 0.122 e. The third-order valence-corrected chi connectivity index (χ3v) is 3.87. The van der Waals surface area contributed by atoms with Crippen LogP contribution in [0.4, 0.5) is 0 Å². The van der Waals surface area contributed by atoms with E-state index in [-0.39, 0.29) is 4.33 Å². The van der Waals surface area contributed by atoms with Crippen LogP contribution in [0.3, 0.4) is 0 Å². The van der Waals surface area contributed by atoms with Crippen molar-refractivity contribution in [1.82, 2.24) is 4.90 Å². The van der Waals surface area contributed by atoms with Crippen LogP contribution in [-0.2, 0) is 0 Å². The van der Waals surface area contributed by atoms with Crippen molar-refractivity contribution in [3.8, 4) is 0 Å². The minimum Gasteiger partial charge on any atom is -0.303 e. The molecule has 1 heterocycles. The molecule has 2 fully saturated rings. The van der Waals surface area contributed by atoms with Crippen LogP contribution in [0.2, 0.25) is 0 Å². The molecule has 1 aliphatic carbocycles. The van der Waals surface area contributed by atoms with Gasteiger partial charge in [0.25, 0.3) is 0 Å². The van der Waals surface area contributed by atoms with Gasteiger partial charge in [0, 0.05) is 19.0 Å². The highest BCUT2D eigenvalue weighted by molar-refractivity contribution is 6.50. The first-order valence-corrected chi connectivity index (χ1v) is 5.44. The summed E-state index contributed by atoms with van der Waals surface area (Å²) in [7, 11) is 0. The van der Waals surface area contributed by atoms with Gasteiger partial charge in [-0.2, -0.15) is 0 Å². The quantitative estimate of drug-likeness (QED) is 0.630. The fourth-order valence-electron chi connectivity index (χ4n) is 1.97. The molecule has 1 aliphatic heterocycles. The Morgan fingerprint density at radius 3 is 2.58 bits per heavy atom. The number of hydrogen-bond acceptors (Lipinski definition) is 1. The monoisotopic (exact) mass is 207 g/mol. The van der Waals surface area contributed by atoms with E-state index in [2.05, 4.69) is 11.8 Å². The van der Waals surface area contributed by atoms with Crippen molar-refractivity contribution in [3.05, 3.63) is 0 Å². The summed E-state index contributed by atoms with van der Waals surface area (Å²) in [4.78, 5) is 2.49. The second kappa shape index (κ2) is 3.04. The zero-order valence-electron chi connectivity index (χ0n) is 7.39. The molecule has 0 aromatic heterocycles. The maximum atomic E-state index is 5.96. The van der Waals surface area contributed by atoms with Crippen LogP contribution in [-0.4, -0.2) is 28.9 Å². The molecule has 2 aliphatic rings. The Morgan fingerprint density at radius 2 is 2.17 bits per heavy atom. The van der Waals surface area contributed by atoms with Gasteiger partial charge in [-0.15, -0.1) is 23.2 Å². The third kappa shape index (κ3) is 1.89. The fourth-order valence-corrected chi connectivity index (χ4v) is 2.48. The normalized spacial score (nSPS) is 40.2. The molecule has 0 bridgehead atoms. The summed E-state index contributed by atoms with van der Waals surface area (Å²) in [5, 5.41) is 0. The van der Waals surface area contributed by atoms with E-state index in [1.54, 1.807) is 0 Å². The van der Waals surface area contributed by atoms with E-state index in [1.807, 2.05) is 0 Å². The maximum absolute atomic E-state index is 5.96. The highest BCUT2D eigenvalue weighted by Crippen LogP contribution is 2.53. The van der Waals surface area contributed by atoms with Crippen LogP contribution < -0.4 is 0 Å². The van der Waals surface area contributed by atoms with Gasteiger partial charge in [0.05, 0.1) is 0 Å². The molecule has 3 heteroatoms. The summed E-state index contributed by atoms with van der Waals surface area (Å²) >= 11 is 11.9. The Labute approximate surface area is 84.0 Å². The molecule has 0 aromatic carbocycles. The van der Waals surface area contributed by atoms with Crippen molar-refractivity contribution in [3.63, 3.8) is 0 Å². The van der Waals surface area contributed by atoms with Crippen LogP contribution in [0, 0.1) is 11.8 Å². The zero-order chi connectivity index (χ0) is 8.77. The van der Waals surface area contributed by atoms with Gasteiger partial charge in [-0.3, -0.25) is 0 Å². The Balaban J connectivity index is 1.75. The van der Waals surface area contributed by atoms with Gasteiger partial charge >= 0.3 is 0 Å². The van der Waals surface area contributed by atoms with Crippen molar-refractivity contribution in [2.75, 3.05) is 19.6 Å². The summed E-state index contributed by atoms with van der Waals surface area (Å²) in [6.45, 7) is 5.89. The SMILES string of the molecule is CC1CCN(CC2CC2(Cl)Cl)C1. The van der Waals surface area contributed by atoms with E-state index in [0.717, 1.165) is 18.9 Å². The Morgan fingerprint density at radius 1 is 1.50 bits per heavy atom. The predicted octanol–water partition coefficient (Wildman–Crippen LogP) is 2.52. The first kappa shape index (κ1) is 9.11. The molecule has 1 saturated carbocycles. The van der Waals surface area contributed by atoms with Gasteiger partial charge in [0.1, 0.15) is 4.33 Å². The van der Waals surface area contributed by atoms with Crippen LogP contribution >= 0.6 is 23.2 Å². The summed E-state index contributed by atoms with van der Waals surface area (Å²) in [5.74, 6) is 1.40. The molecule has 0 spiro atoms. The molecule has 2 atom stereocenters. The lowest BCUT2D eigenvalue weighted by Gasteiger charge is -2.14. The summed E-state index contributed by atoms with van der Waals surface area (Å²) < 4.78 is -0.383. The van der Waals surface area contributed by atoms with E-state index in [0.29, 0.717) is 5.92 Å². The van der Waals surface area contributed by atoms with Crippen molar-refractivity contribution in [2.45, 2.75) is 24.1 Å².